The highest BCUT2D eigenvalue weighted by Crippen LogP contribution is 2.41. The molecule has 0 aromatic heterocycles. The van der Waals surface area contributed by atoms with Crippen LogP contribution in [-0.4, -0.2) is 14.2 Å². The summed E-state index contributed by atoms with van der Waals surface area (Å²) < 4.78 is 10.6. The van der Waals surface area contributed by atoms with E-state index < -0.39 is 0 Å². The average Bonchev–Trinajstić information content (AvgIpc) is 2.28. The van der Waals surface area contributed by atoms with Gasteiger partial charge in [0.1, 0.15) is 11.5 Å². The van der Waals surface area contributed by atoms with Gasteiger partial charge in [0.15, 0.2) is 0 Å². The zero-order valence-corrected chi connectivity index (χ0v) is 9.80. The SMILES string of the molecule is COc1cc(OC)c2c(c1)C(Cl)CCC2. The Kier molecular flexibility index (Phi) is 3.06. The number of fused-ring (bicyclic) bond motifs is 1. The fraction of sp³-hybridized carbons (Fsp3) is 0.500. The summed E-state index contributed by atoms with van der Waals surface area (Å²) in [6.45, 7) is 0. The number of hydrogen-bond acceptors (Lipinski definition) is 2. The molecule has 0 amide bonds. The number of benzene rings is 1. The minimum atomic E-state index is 0.0951. The Hall–Kier alpha value is -0.890. The van der Waals surface area contributed by atoms with Gasteiger partial charge in [0.2, 0.25) is 0 Å². The van der Waals surface area contributed by atoms with Crippen molar-refractivity contribution in [2.75, 3.05) is 14.2 Å². The van der Waals surface area contributed by atoms with E-state index >= 15 is 0 Å². The van der Waals surface area contributed by atoms with Crippen molar-refractivity contribution < 1.29 is 9.47 Å². The smallest absolute Gasteiger partial charge is 0.126 e. The van der Waals surface area contributed by atoms with E-state index in [1.165, 1.54) is 11.1 Å². The second-order valence-electron chi connectivity index (χ2n) is 3.76. The highest BCUT2D eigenvalue weighted by molar-refractivity contribution is 6.21. The predicted molar refractivity (Wildman–Crippen MR) is 61.1 cm³/mol. The normalized spacial score (nSPS) is 19.5. The quantitative estimate of drug-likeness (QED) is 0.721. The first-order chi connectivity index (χ1) is 7.26. The molecule has 1 unspecified atom stereocenters. The van der Waals surface area contributed by atoms with Crippen molar-refractivity contribution >= 4 is 11.6 Å². The maximum atomic E-state index is 6.29. The summed E-state index contributed by atoms with van der Waals surface area (Å²) in [5.41, 5.74) is 2.41. The molecule has 1 aromatic rings. The molecule has 0 aliphatic heterocycles. The average molecular weight is 227 g/mol. The van der Waals surface area contributed by atoms with E-state index in [2.05, 4.69) is 0 Å². The van der Waals surface area contributed by atoms with Crippen molar-refractivity contribution in [3.05, 3.63) is 23.3 Å². The van der Waals surface area contributed by atoms with Crippen LogP contribution in [0.4, 0.5) is 0 Å². The fourth-order valence-electron chi connectivity index (χ4n) is 2.10. The molecule has 2 rings (SSSR count). The summed E-state index contributed by atoms with van der Waals surface area (Å²) in [4.78, 5) is 0. The van der Waals surface area contributed by atoms with Crippen LogP contribution in [0, 0.1) is 0 Å². The van der Waals surface area contributed by atoms with Gasteiger partial charge in [0, 0.05) is 6.07 Å². The molecular formula is C12H15ClO2. The first-order valence-corrected chi connectivity index (χ1v) is 5.58. The molecule has 0 saturated carbocycles. The van der Waals surface area contributed by atoms with E-state index in [0.717, 1.165) is 30.8 Å². The summed E-state index contributed by atoms with van der Waals surface area (Å²) in [5.74, 6) is 1.72. The molecule has 0 N–H and O–H groups in total. The number of rotatable bonds is 2. The van der Waals surface area contributed by atoms with Gasteiger partial charge in [-0.3, -0.25) is 0 Å². The Morgan fingerprint density at radius 2 is 2.07 bits per heavy atom. The van der Waals surface area contributed by atoms with Gasteiger partial charge in [0.25, 0.3) is 0 Å². The van der Waals surface area contributed by atoms with Crippen LogP contribution in [0.15, 0.2) is 12.1 Å². The zero-order chi connectivity index (χ0) is 10.8. The summed E-state index contributed by atoms with van der Waals surface area (Å²) in [6.07, 6.45) is 3.21. The largest absolute Gasteiger partial charge is 0.497 e. The molecule has 1 atom stereocenters. The van der Waals surface area contributed by atoms with Gasteiger partial charge in [-0.25, -0.2) is 0 Å². The van der Waals surface area contributed by atoms with Crippen molar-refractivity contribution in [1.82, 2.24) is 0 Å². The van der Waals surface area contributed by atoms with Gasteiger partial charge in [-0.05, 0) is 36.5 Å². The van der Waals surface area contributed by atoms with Crippen molar-refractivity contribution in [3.63, 3.8) is 0 Å². The molecule has 3 heteroatoms. The Morgan fingerprint density at radius 1 is 1.27 bits per heavy atom. The van der Waals surface area contributed by atoms with Crippen molar-refractivity contribution in [3.8, 4) is 11.5 Å². The van der Waals surface area contributed by atoms with Crippen LogP contribution in [0.3, 0.4) is 0 Å². The van der Waals surface area contributed by atoms with E-state index in [-0.39, 0.29) is 5.38 Å². The molecule has 0 fully saturated rings. The maximum Gasteiger partial charge on any atom is 0.126 e. The number of halogens is 1. The van der Waals surface area contributed by atoms with Gasteiger partial charge in [-0.1, -0.05) is 0 Å². The molecule has 1 aliphatic rings. The summed E-state index contributed by atoms with van der Waals surface area (Å²) in [5, 5.41) is 0.0951. The minimum absolute atomic E-state index is 0.0951. The standard InChI is InChI=1S/C12H15ClO2/c1-14-8-6-10-9(12(7-8)15-2)4-3-5-11(10)13/h6-7,11H,3-5H2,1-2H3. The van der Waals surface area contributed by atoms with Crippen LogP contribution in [0.25, 0.3) is 0 Å². The predicted octanol–water partition coefficient (Wildman–Crippen LogP) is 3.32. The lowest BCUT2D eigenvalue weighted by Gasteiger charge is -2.23. The summed E-state index contributed by atoms with van der Waals surface area (Å²) in [6, 6.07) is 3.95. The van der Waals surface area contributed by atoms with Gasteiger partial charge in [-0.15, -0.1) is 11.6 Å². The lowest BCUT2D eigenvalue weighted by atomic mass is 9.90. The third-order valence-electron chi connectivity index (χ3n) is 2.89. The summed E-state index contributed by atoms with van der Waals surface area (Å²) in [7, 11) is 3.35. The van der Waals surface area contributed by atoms with E-state index in [4.69, 9.17) is 21.1 Å². The molecule has 0 heterocycles. The lowest BCUT2D eigenvalue weighted by molar-refractivity contribution is 0.387. The third-order valence-corrected chi connectivity index (χ3v) is 3.35. The molecule has 0 spiro atoms. The molecule has 15 heavy (non-hydrogen) atoms. The van der Waals surface area contributed by atoms with Crippen LogP contribution < -0.4 is 9.47 Å². The Labute approximate surface area is 95.1 Å². The van der Waals surface area contributed by atoms with Crippen LogP contribution in [0.1, 0.15) is 29.3 Å². The van der Waals surface area contributed by atoms with Gasteiger partial charge in [0.05, 0.1) is 19.6 Å². The number of ether oxygens (including phenoxy) is 2. The third kappa shape index (κ3) is 1.91. The maximum absolute atomic E-state index is 6.29. The Balaban J connectivity index is 2.52. The van der Waals surface area contributed by atoms with Crippen molar-refractivity contribution in [2.24, 2.45) is 0 Å². The first kappa shape index (κ1) is 10.6. The molecule has 82 valence electrons. The topological polar surface area (TPSA) is 18.5 Å². The molecule has 0 bridgehead atoms. The molecule has 0 radical (unpaired) electrons. The van der Waals surface area contributed by atoms with Crippen LogP contribution in [0.2, 0.25) is 0 Å². The minimum Gasteiger partial charge on any atom is -0.497 e. The van der Waals surface area contributed by atoms with E-state index in [1.807, 2.05) is 12.1 Å². The van der Waals surface area contributed by atoms with Crippen LogP contribution in [0.5, 0.6) is 11.5 Å². The molecule has 1 aliphatic carbocycles. The lowest BCUT2D eigenvalue weighted by Crippen LogP contribution is -2.07. The van der Waals surface area contributed by atoms with Gasteiger partial charge < -0.3 is 9.47 Å². The van der Waals surface area contributed by atoms with E-state index in [1.54, 1.807) is 14.2 Å². The van der Waals surface area contributed by atoms with E-state index in [0.29, 0.717) is 0 Å². The number of hydrogen-bond donors (Lipinski definition) is 0. The van der Waals surface area contributed by atoms with Crippen LogP contribution in [-0.2, 0) is 6.42 Å². The summed E-state index contributed by atoms with van der Waals surface area (Å²) >= 11 is 6.29. The Bertz CT molecular complexity index is 363. The van der Waals surface area contributed by atoms with Crippen molar-refractivity contribution in [1.29, 1.82) is 0 Å². The molecular weight excluding hydrogens is 212 g/mol. The first-order valence-electron chi connectivity index (χ1n) is 5.15. The van der Waals surface area contributed by atoms with Gasteiger partial charge in [-0.2, -0.15) is 0 Å². The molecule has 2 nitrogen and oxygen atoms in total. The Morgan fingerprint density at radius 3 is 2.73 bits per heavy atom. The second kappa shape index (κ2) is 4.31. The number of alkyl halides is 1. The van der Waals surface area contributed by atoms with Crippen molar-refractivity contribution in [2.45, 2.75) is 24.6 Å². The van der Waals surface area contributed by atoms with Gasteiger partial charge >= 0.3 is 0 Å². The van der Waals surface area contributed by atoms with Crippen LogP contribution >= 0.6 is 11.6 Å². The second-order valence-corrected chi connectivity index (χ2v) is 4.28. The molecule has 0 saturated heterocycles. The number of methoxy groups -OCH3 is 2. The molecule has 1 aromatic carbocycles. The monoisotopic (exact) mass is 226 g/mol. The highest BCUT2D eigenvalue weighted by Gasteiger charge is 2.22. The van der Waals surface area contributed by atoms with E-state index in [9.17, 15) is 0 Å². The highest BCUT2D eigenvalue weighted by atomic mass is 35.5. The zero-order valence-electron chi connectivity index (χ0n) is 9.05. The fourth-order valence-corrected chi connectivity index (χ4v) is 2.45.